The smallest absolute Gasteiger partial charge is 0.492 e. The molecule has 5 heteroatoms. The van der Waals surface area contributed by atoms with Gasteiger partial charge in [-0.2, -0.15) is 0 Å². The van der Waals surface area contributed by atoms with Gasteiger partial charge in [0.2, 0.25) is 0 Å². The largest absolute Gasteiger partial charge is 0.497 e. The summed E-state index contributed by atoms with van der Waals surface area (Å²) in [4.78, 5) is 0. The van der Waals surface area contributed by atoms with Crippen LogP contribution in [-0.2, 0) is 0 Å². The maximum Gasteiger partial charge on any atom is 0.492 e. The predicted molar refractivity (Wildman–Crippen MR) is 67.8 cm³/mol. The van der Waals surface area contributed by atoms with E-state index in [0.29, 0.717) is 23.6 Å². The Bertz CT molecular complexity index is 341. The molecule has 1 aromatic carbocycles. The van der Waals surface area contributed by atoms with Gasteiger partial charge in [0.05, 0.1) is 13.7 Å². The lowest BCUT2D eigenvalue weighted by atomic mass is 9.79. The molecule has 0 saturated heterocycles. The van der Waals surface area contributed by atoms with Gasteiger partial charge < -0.3 is 19.5 Å². The van der Waals surface area contributed by atoms with Crippen LogP contribution in [0.5, 0.6) is 11.5 Å². The summed E-state index contributed by atoms with van der Waals surface area (Å²) in [5, 5.41) is 18.5. The van der Waals surface area contributed by atoms with Crippen LogP contribution in [0, 0.1) is 0 Å². The van der Waals surface area contributed by atoms with Gasteiger partial charge in [-0.25, -0.2) is 0 Å². The molecular weight excluding hydrogens is 219 g/mol. The Morgan fingerprint density at radius 2 is 2.00 bits per heavy atom. The number of benzene rings is 1. The van der Waals surface area contributed by atoms with Crippen LogP contribution in [0.15, 0.2) is 18.2 Å². The molecule has 17 heavy (non-hydrogen) atoms. The Morgan fingerprint density at radius 1 is 1.24 bits per heavy atom. The molecule has 4 nitrogen and oxygen atoms in total. The molecule has 94 valence electrons. The second-order valence-electron chi connectivity index (χ2n) is 3.83. The summed E-state index contributed by atoms with van der Waals surface area (Å²) < 4.78 is 10.5. The molecule has 0 bridgehead atoms. The number of rotatable bonds is 7. The van der Waals surface area contributed by atoms with E-state index in [1.807, 2.05) is 0 Å². The second-order valence-corrected chi connectivity index (χ2v) is 3.83. The molecule has 0 aliphatic rings. The number of hydrogen-bond donors (Lipinski definition) is 2. The predicted octanol–water partition coefficient (Wildman–Crippen LogP) is 0.944. The van der Waals surface area contributed by atoms with E-state index in [0.717, 1.165) is 19.3 Å². The average molecular weight is 238 g/mol. The van der Waals surface area contributed by atoms with Crippen molar-refractivity contribution < 1.29 is 19.5 Å². The van der Waals surface area contributed by atoms with Crippen LogP contribution >= 0.6 is 0 Å². The van der Waals surface area contributed by atoms with Gasteiger partial charge in [0.25, 0.3) is 0 Å². The average Bonchev–Trinajstić information content (AvgIpc) is 2.34. The highest BCUT2D eigenvalue weighted by atomic mass is 16.5. The SMILES string of the molecule is CCCCCOc1ccc(OC)cc1B(O)O. The fourth-order valence-electron chi connectivity index (χ4n) is 1.52. The van der Waals surface area contributed by atoms with E-state index < -0.39 is 7.12 Å². The molecule has 2 N–H and O–H groups in total. The summed E-state index contributed by atoms with van der Waals surface area (Å²) in [5.41, 5.74) is 0.334. The zero-order valence-corrected chi connectivity index (χ0v) is 10.3. The topological polar surface area (TPSA) is 58.9 Å². The van der Waals surface area contributed by atoms with Crippen LogP contribution in [-0.4, -0.2) is 30.9 Å². The van der Waals surface area contributed by atoms with Gasteiger partial charge in [0.1, 0.15) is 11.5 Å². The zero-order chi connectivity index (χ0) is 12.7. The number of unbranched alkanes of at least 4 members (excludes halogenated alkanes) is 2. The number of ether oxygens (including phenoxy) is 2. The summed E-state index contributed by atoms with van der Waals surface area (Å²) in [6, 6.07) is 5.00. The van der Waals surface area contributed by atoms with E-state index in [9.17, 15) is 10.0 Å². The number of hydrogen-bond acceptors (Lipinski definition) is 4. The molecule has 0 heterocycles. The van der Waals surface area contributed by atoms with Gasteiger partial charge in [-0.05, 0) is 24.6 Å². The summed E-state index contributed by atoms with van der Waals surface area (Å²) >= 11 is 0. The van der Waals surface area contributed by atoms with Gasteiger partial charge in [0, 0.05) is 5.46 Å². The van der Waals surface area contributed by atoms with Gasteiger partial charge in [-0.15, -0.1) is 0 Å². The fourth-order valence-corrected chi connectivity index (χ4v) is 1.52. The fraction of sp³-hybridized carbons (Fsp3) is 0.500. The molecule has 0 atom stereocenters. The van der Waals surface area contributed by atoms with Crippen LogP contribution in [0.1, 0.15) is 26.2 Å². The van der Waals surface area contributed by atoms with Crippen molar-refractivity contribution in [2.24, 2.45) is 0 Å². The summed E-state index contributed by atoms with van der Waals surface area (Å²) in [7, 11) is -0.0174. The van der Waals surface area contributed by atoms with Gasteiger partial charge >= 0.3 is 7.12 Å². The zero-order valence-electron chi connectivity index (χ0n) is 10.3. The molecule has 0 aromatic heterocycles. The highest BCUT2D eigenvalue weighted by molar-refractivity contribution is 6.59. The summed E-state index contributed by atoms with van der Waals surface area (Å²) in [5.74, 6) is 1.07. The Morgan fingerprint density at radius 3 is 2.59 bits per heavy atom. The minimum absolute atomic E-state index is 0.334. The van der Waals surface area contributed by atoms with Crippen molar-refractivity contribution in [1.29, 1.82) is 0 Å². The Balaban J connectivity index is 2.69. The van der Waals surface area contributed by atoms with Crippen LogP contribution < -0.4 is 14.9 Å². The highest BCUT2D eigenvalue weighted by Crippen LogP contribution is 2.16. The van der Waals surface area contributed by atoms with Crippen molar-refractivity contribution in [3.05, 3.63) is 18.2 Å². The van der Waals surface area contributed by atoms with E-state index >= 15 is 0 Å². The molecule has 0 saturated carbocycles. The molecule has 0 radical (unpaired) electrons. The Labute approximate surface area is 102 Å². The maximum absolute atomic E-state index is 9.25. The Kier molecular flexibility index (Phi) is 5.87. The van der Waals surface area contributed by atoms with E-state index in [1.165, 1.54) is 7.11 Å². The van der Waals surface area contributed by atoms with Crippen LogP contribution in [0.2, 0.25) is 0 Å². The molecule has 1 rings (SSSR count). The Hall–Kier alpha value is -1.20. The maximum atomic E-state index is 9.25. The standard InChI is InChI=1S/C12H19BO4/c1-3-4-5-8-17-12-7-6-10(16-2)9-11(12)13(14)15/h6-7,9,14-15H,3-5,8H2,1-2H3. The van der Waals surface area contributed by atoms with Crippen molar-refractivity contribution in [2.75, 3.05) is 13.7 Å². The number of methoxy groups -OCH3 is 1. The van der Waals surface area contributed by atoms with Gasteiger partial charge in [-0.1, -0.05) is 19.8 Å². The lowest BCUT2D eigenvalue weighted by molar-refractivity contribution is 0.306. The van der Waals surface area contributed by atoms with Crippen LogP contribution in [0.25, 0.3) is 0 Å². The molecule has 1 aromatic rings. The van der Waals surface area contributed by atoms with E-state index in [-0.39, 0.29) is 0 Å². The van der Waals surface area contributed by atoms with Gasteiger partial charge in [0.15, 0.2) is 0 Å². The normalized spacial score (nSPS) is 10.1. The van der Waals surface area contributed by atoms with Crippen molar-refractivity contribution in [2.45, 2.75) is 26.2 Å². The molecule has 0 unspecified atom stereocenters. The second kappa shape index (κ2) is 7.19. The van der Waals surface area contributed by atoms with Crippen molar-refractivity contribution >= 4 is 12.6 Å². The van der Waals surface area contributed by atoms with Crippen molar-refractivity contribution in [3.63, 3.8) is 0 Å². The third-order valence-electron chi connectivity index (χ3n) is 2.50. The van der Waals surface area contributed by atoms with E-state index in [4.69, 9.17) is 9.47 Å². The molecule has 0 aliphatic heterocycles. The molecule has 0 amide bonds. The minimum Gasteiger partial charge on any atom is -0.497 e. The molecular formula is C12H19BO4. The van der Waals surface area contributed by atoms with Crippen molar-refractivity contribution in [3.8, 4) is 11.5 Å². The third-order valence-corrected chi connectivity index (χ3v) is 2.50. The van der Waals surface area contributed by atoms with E-state index in [2.05, 4.69) is 6.92 Å². The van der Waals surface area contributed by atoms with Gasteiger partial charge in [-0.3, -0.25) is 0 Å². The van der Waals surface area contributed by atoms with Crippen LogP contribution in [0.4, 0.5) is 0 Å². The first kappa shape index (κ1) is 13.9. The first-order chi connectivity index (χ1) is 8.19. The third kappa shape index (κ3) is 4.28. The first-order valence-electron chi connectivity index (χ1n) is 5.86. The molecule has 0 aliphatic carbocycles. The highest BCUT2D eigenvalue weighted by Gasteiger charge is 2.18. The minimum atomic E-state index is -1.55. The molecule has 0 fully saturated rings. The lowest BCUT2D eigenvalue weighted by Crippen LogP contribution is -2.31. The monoisotopic (exact) mass is 238 g/mol. The van der Waals surface area contributed by atoms with Crippen LogP contribution in [0.3, 0.4) is 0 Å². The molecule has 0 spiro atoms. The summed E-state index contributed by atoms with van der Waals surface area (Å²) in [6.07, 6.45) is 3.19. The quantitative estimate of drug-likeness (QED) is 0.548. The van der Waals surface area contributed by atoms with Crippen molar-refractivity contribution in [1.82, 2.24) is 0 Å². The first-order valence-corrected chi connectivity index (χ1v) is 5.86. The lowest BCUT2D eigenvalue weighted by Gasteiger charge is -2.12. The summed E-state index contributed by atoms with van der Waals surface area (Å²) in [6.45, 7) is 2.70. The van der Waals surface area contributed by atoms with E-state index in [1.54, 1.807) is 18.2 Å².